The number of nitrogens with zero attached hydrogens (tertiary/aromatic N) is 1. The molecule has 1 amide bonds. The van der Waals surface area contributed by atoms with Crippen LogP contribution in [0.1, 0.15) is 38.2 Å². The second kappa shape index (κ2) is 6.13. The molecule has 3 rings (SSSR count). The van der Waals surface area contributed by atoms with Crippen molar-refractivity contribution in [2.75, 3.05) is 13.1 Å². The van der Waals surface area contributed by atoms with Crippen molar-refractivity contribution in [2.24, 2.45) is 11.7 Å². The number of aromatic amines is 1. The Balaban J connectivity index is 1.68. The minimum Gasteiger partial charge on any atom is -0.361 e. The number of nitrogens with two attached hydrogens (primary N) is 1. The van der Waals surface area contributed by atoms with Crippen LogP contribution in [0.3, 0.4) is 0 Å². The molecule has 0 spiro atoms. The Kier molecular flexibility index (Phi) is 4.21. The molecule has 0 bridgehead atoms. The Labute approximate surface area is 131 Å². The molecule has 1 aromatic carbocycles. The number of benzene rings is 1. The highest BCUT2D eigenvalue weighted by Crippen LogP contribution is 2.33. The average molecular weight is 299 g/mol. The minimum atomic E-state index is -0.371. The summed E-state index contributed by atoms with van der Waals surface area (Å²) >= 11 is 0. The summed E-state index contributed by atoms with van der Waals surface area (Å²) in [6.45, 7) is 5.62. The van der Waals surface area contributed by atoms with E-state index in [1.165, 1.54) is 16.5 Å². The fraction of sp³-hybridized carbons (Fsp3) is 0.500. The quantitative estimate of drug-likeness (QED) is 0.915. The van der Waals surface area contributed by atoms with E-state index in [0.29, 0.717) is 5.92 Å². The lowest BCUT2D eigenvalue weighted by atomic mass is 9.88. The Morgan fingerprint density at radius 3 is 2.64 bits per heavy atom. The van der Waals surface area contributed by atoms with Crippen LogP contribution in [0.2, 0.25) is 0 Å². The van der Waals surface area contributed by atoms with Gasteiger partial charge in [0, 0.05) is 30.2 Å². The van der Waals surface area contributed by atoms with E-state index in [4.69, 9.17) is 5.73 Å². The van der Waals surface area contributed by atoms with Gasteiger partial charge in [0.25, 0.3) is 0 Å². The molecule has 0 radical (unpaired) electrons. The zero-order valence-corrected chi connectivity index (χ0v) is 13.4. The first-order valence-electron chi connectivity index (χ1n) is 8.18. The maximum absolute atomic E-state index is 12.3. The van der Waals surface area contributed by atoms with Crippen LogP contribution in [0, 0.1) is 5.92 Å². The molecule has 1 fully saturated rings. The Hall–Kier alpha value is -1.81. The number of para-hydroxylation sites is 1. The van der Waals surface area contributed by atoms with Crippen molar-refractivity contribution >= 4 is 16.8 Å². The van der Waals surface area contributed by atoms with Gasteiger partial charge >= 0.3 is 0 Å². The van der Waals surface area contributed by atoms with Gasteiger partial charge < -0.3 is 15.6 Å². The van der Waals surface area contributed by atoms with Crippen LogP contribution in [-0.2, 0) is 4.79 Å². The molecule has 1 saturated heterocycles. The topological polar surface area (TPSA) is 62.1 Å². The molecule has 118 valence electrons. The Bertz CT molecular complexity index is 653. The van der Waals surface area contributed by atoms with Crippen LogP contribution < -0.4 is 5.73 Å². The van der Waals surface area contributed by atoms with Gasteiger partial charge in [-0.25, -0.2) is 0 Å². The van der Waals surface area contributed by atoms with Crippen molar-refractivity contribution in [3.05, 3.63) is 36.0 Å². The van der Waals surface area contributed by atoms with Crippen LogP contribution in [0.15, 0.2) is 30.5 Å². The monoisotopic (exact) mass is 299 g/mol. The summed E-state index contributed by atoms with van der Waals surface area (Å²) in [5.74, 6) is 0.821. The van der Waals surface area contributed by atoms with Crippen LogP contribution in [0.5, 0.6) is 0 Å². The summed E-state index contributed by atoms with van der Waals surface area (Å²) in [5, 5.41) is 1.31. The SMILES string of the molecule is CC(C)[C@H](N)C(=O)N1CCC(c2c[nH]c3ccccc23)CC1. The lowest BCUT2D eigenvalue weighted by Crippen LogP contribution is -2.49. The number of nitrogens with one attached hydrogen (secondary N) is 1. The second-order valence-electron chi connectivity index (χ2n) is 6.66. The van der Waals surface area contributed by atoms with Crippen molar-refractivity contribution in [1.82, 2.24) is 9.88 Å². The third-order valence-corrected chi connectivity index (χ3v) is 4.87. The molecule has 0 saturated carbocycles. The number of fused-ring (bicyclic) bond motifs is 1. The highest BCUT2D eigenvalue weighted by molar-refractivity contribution is 5.84. The molecule has 0 aliphatic carbocycles. The highest BCUT2D eigenvalue weighted by Gasteiger charge is 2.29. The number of carbonyl (C=O) groups excluding carboxylic acids is 1. The van der Waals surface area contributed by atoms with Crippen molar-refractivity contribution in [1.29, 1.82) is 0 Å². The van der Waals surface area contributed by atoms with E-state index >= 15 is 0 Å². The molecule has 4 nitrogen and oxygen atoms in total. The van der Waals surface area contributed by atoms with Gasteiger partial charge in [-0.1, -0.05) is 32.0 Å². The van der Waals surface area contributed by atoms with Gasteiger partial charge in [-0.3, -0.25) is 4.79 Å². The number of aromatic nitrogens is 1. The summed E-state index contributed by atoms with van der Waals surface area (Å²) in [5.41, 5.74) is 8.58. The molecule has 22 heavy (non-hydrogen) atoms. The lowest BCUT2D eigenvalue weighted by molar-refractivity contribution is -0.134. The second-order valence-corrected chi connectivity index (χ2v) is 6.66. The number of hydrogen-bond acceptors (Lipinski definition) is 2. The number of H-pyrrole nitrogens is 1. The molecule has 4 heteroatoms. The third kappa shape index (κ3) is 2.75. The Morgan fingerprint density at radius 1 is 1.27 bits per heavy atom. The minimum absolute atomic E-state index is 0.104. The number of piperidine rings is 1. The third-order valence-electron chi connectivity index (χ3n) is 4.87. The molecular weight excluding hydrogens is 274 g/mol. The summed E-state index contributed by atoms with van der Waals surface area (Å²) < 4.78 is 0. The summed E-state index contributed by atoms with van der Waals surface area (Å²) in [7, 11) is 0. The highest BCUT2D eigenvalue weighted by atomic mass is 16.2. The maximum Gasteiger partial charge on any atom is 0.239 e. The van der Waals surface area contributed by atoms with E-state index in [2.05, 4.69) is 35.4 Å². The fourth-order valence-corrected chi connectivity index (χ4v) is 3.34. The van der Waals surface area contributed by atoms with Crippen molar-refractivity contribution in [3.8, 4) is 0 Å². The first-order valence-corrected chi connectivity index (χ1v) is 8.18. The largest absolute Gasteiger partial charge is 0.361 e. The predicted octanol–water partition coefficient (Wildman–Crippen LogP) is 2.86. The van der Waals surface area contributed by atoms with Gasteiger partial charge in [0.1, 0.15) is 0 Å². The van der Waals surface area contributed by atoms with Gasteiger partial charge in [0.2, 0.25) is 5.91 Å². The van der Waals surface area contributed by atoms with Gasteiger partial charge in [0.15, 0.2) is 0 Å². The van der Waals surface area contributed by atoms with Crippen LogP contribution >= 0.6 is 0 Å². The molecule has 0 unspecified atom stereocenters. The van der Waals surface area contributed by atoms with Gasteiger partial charge in [-0.05, 0) is 36.3 Å². The van der Waals surface area contributed by atoms with Gasteiger partial charge in [0.05, 0.1) is 6.04 Å². The molecule has 2 heterocycles. The number of rotatable bonds is 3. The van der Waals surface area contributed by atoms with E-state index in [1.807, 2.05) is 18.7 Å². The lowest BCUT2D eigenvalue weighted by Gasteiger charge is -2.34. The van der Waals surface area contributed by atoms with Crippen molar-refractivity contribution < 1.29 is 4.79 Å². The summed E-state index contributed by atoms with van der Waals surface area (Å²) in [6, 6.07) is 8.05. The van der Waals surface area contributed by atoms with Crippen molar-refractivity contribution in [2.45, 2.75) is 38.6 Å². The zero-order valence-electron chi connectivity index (χ0n) is 13.4. The van der Waals surface area contributed by atoms with Crippen LogP contribution in [0.4, 0.5) is 0 Å². The van der Waals surface area contributed by atoms with Gasteiger partial charge in [-0.15, -0.1) is 0 Å². The number of carbonyl (C=O) groups is 1. The Morgan fingerprint density at radius 2 is 1.95 bits per heavy atom. The first-order chi connectivity index (χ1) is 10.6. The summed E-state index contributed by atoms with van der Waals surface area (Å²) in [6.07, 6.45) is 4.16. The smallest absolute Gasteiger partial charge is 0.239 e. The number of hydrogen-bond donors (Lipinski definition) is 2. The maximum atomic E-state index is 12.3. The van der Waals surface area contributed by atoms with E-state index in [0.717, 1.165) is 25.9 Å². The molecule has 1 atom stereocenters. The molecule has 1 aliphatic rings. The predicted molar refractivity (Wildman–Crippen MR) is 89.7 cm³/mol. The number of amides is 1. The standard InChI is InChI=1S/C18H25N3O/c1-12(2)17(19)18(22)21-9-7-13(8-10-21)15-11-20-16-6-4-3-5-14(15)16/h3-6,11-13,17,20H,7-10,19H2,1-2H3/t17-/m0/s1. The summed E-state index contributed by atoms with van der Waals surface area (Å²) in [4.78, 5) is 17.6. The van der Waals surface area contributed by atoms with E-state index < -0.39 is 0 Å². The van der Waals surface area contributed by atoms with E-state index in [9.17, 15) is 4.79 Å². The molecule has 2 aromatic rings. The normalized spacial score (nSPS) is 18.1. The number of likely N-dealkylation sites (tertiary alicyclic amines) is 1. The molecule has 1 aliphatic heterocycles. The van der Waals surface area contributed by atoms with Crippen LogP contribution in [-0.4, -0.2) is 34.9 Å². The van der Waals surface area contributed by atoms with E-state index in [1.54, 1.807) is 0 Å². The first kappa shape index (κ1) is 15.1. The molecular formula is C18H25N3O. The molecule has 1 aromatic heterocycles. The fourth-order valence-electron chi connectivity index (χ4n) is 3.34. The average Bonchev–Trinajstić information content (AvgIpc) is 2.97. The van der Waals surface area contributed by atoms with Crippen LogP contribution in [0.25, 0.3) is 10.9 Å². The van der Waals surface area contributed by atoms with Crippen molar-refractivity contribution in [3.63, 3.8) is 0 Å². The zero-order chi connectivity index (χ0) is 15.7. The van der Waals surface area contributed by atoms with E-state index in [-0.39, 0.29) is 17.9 Å². The molecule has 3 N–H and O–H groups in total. The van der Waals surface area contributed by atoms with Gasteiger partial charge in [-0.2, -0.15) is 0 Å².